The molecule has 1 aliphatic rings. The van der Waals surface area contributed by atoms with Gasteiger partial charge in [0.15, 0.2) is 0 Å². The van der Waals surface area contributed by atoms with Crippen LogP contribution in [-0.2, 0) is 11.3 Å². The number of halogens is 1. The van der Waals surface area contributed by atoms with Crippen LogP contribution in [0.1, 0.15) is 18.4 Å². The van der Waals surface area contributed by atoms with Crippen molar-refractivity contribution in [1.29, 1.82) is 5.26 Å². The first-order valence-corrected chi connectivity index (χ1v) is 6.01. The molecule has 0 unspecified atom stereocenters. The summed E-state index contributed by atoms with van der Waals surface area (Å²) in [6.45, 7) is 0.367. The van der Waals surface area contributed by atoms with Crippen LogP contribution in [0.4, 0.5) is 0 Å². The minimum absolute atomic E-state index is 0.197. The molecule has 1 aliphatic carbocycles. The Bertz CT molecular complexity index is 518. The third-order valence-electron chi connectivity index (χ3n) is 3.07. The lowest BCUT2D eigenvalue weighted by Crippen LogP contribution is -2.30. The molecule has 0 aliphatic heterocycles. The van der Waals surface area contributed by atoms with Gasteiger partial charge in [-0.1, -0.05) is 17.7 Å². The molecule has 0 aromatic heterocycles. The molecule has 0 atom stereocenters. The number of nitriles is 1. The Labute approximate surface area is 111 Å². The molecule has 1 amide bonds. The summed E-state index contributed by atoms with van der Waals surface area (Å²) in [5.74, 6) is 0.402. The third kappa shape index (κ3) is 2.41. The topological polar surface area (TPSA) is 62.1 Å². The monoisotopic (exact) mass is 264 g/mol. The van der Waals surface area contributed by atoms with Gasteiger partial charge in [-0.15, -0.1) is 0 Å². The van der Waals surface area contributed by atoms with E-state index in [1.807, 2.05) is 6.07 Å². The Balaban J connectivity index is 1.97. The van der Waals surface area contributed by atoms with Gasteiger partial charge >= 0.3 is 0 Å². The van der Waals surface area contributed by atoms with Crippen molar-refractivity contribution in [3.63, 3.8) is 0 Å². The van der Waals surface area contributed by atoms with Crippen LogP contribution in [0.25, 0.3) is 0 Å². The fraction of sp³-hybridized carbons (Fsp3) is 0.385. The van der Waals surface area contributed by atoms with E-state index in [4.69, 9.17) is 21.6 Å². The number of hydrogen-bond acceptors (Lipinski definition) is 3. The second-order valence-corrected chi connectivity index (χ2v) is 4.75. The van der Waals surface area contributed by atoms with Crippen molar-refractivity contribution in [1.82, 2.24) is 5.32 Å². The van der Waals surface area contributed by atoms with Gasteiger partial charge in [-0.3, -0.25) is 4.79 Å². The SMILES string of the molecule is COc1ccc(CNC(=O)C2(C#N)CC2)cc1Cl. The van der Waals surface area contributed by atoms with Gasteiger partial charge < -0.3 is 10.1 Å². The van der Waals surface area contributed by atoms with Crippen molar-refractivity contribution < 1.29 is 9.53 Å². The molecule has 2 rings (SSSR count). The molecule has 1 fully saturated rings. The smallest absolute Gasteiger partial charge is 0.240 e. The van der Waals surface area contributed by atoms with Crippen LogP contribution in [0.2, 0.25) is 5.02 Å². The normalized spacial score (nSPS) is 15.6. The predicted octanol–water partition coefficient (Wildman–Crippen LogP) is 2.27. The molecule has 1 saturated carbocycles. The van der Waals surface area contributed by atoms with Crippen molar-refractivity contribution in [3.05, 3.63) is 28.8 Å². The van der Waals surface area contributed by atoms with Crippen molar-refractivity contribution >= 4 is 17.5 Å². The van der Waals surface area contributed by atoms with E-state index < -0.39 is 5.41 Å². The summed E-state index contributed by atoms with van der Waals surface area (Å²) in [5, 5.41) is 12.1. The number of hydrogen-bond donors (Lipinski definition) is 1. The molecule has 1 N–H and O–H groups in total. The Morgan fingerprint density at radius 3 is 2.83 bits per heavy atom. The summed E-state index contributed by atoms with van der Waals surface area (Å²) in [4.78, 5) is 11.7. The maximum absolute atomic E-state index is 11.7. The Kier molecular flexibility index (Phi) is 3.44. The zero-order valence-electron chi connectivity index (χ0n) is 10.00. The largest absolute Gasteiger partial charge is 0.495 e. The molecule has 0 heterocycles. The van der Waals surface area contributed by atoms with Gasteiger partial charge in [-0.05, 0) is 30.5 Å². The fourth-order valence-corrected chi connectivity index (χ4v) is 1.97. The minimum atomic E-state index is -0.781. The fourth-order valence-electron chi connectivity index (χ4n) is 1.69. The van der Waals surface area contributed by atoms with Crippen molar-refractivity contribution in [2.75, 3.05) is 7.11 Å². The Morgan fingerprint density at radius 2 is 2.33 bits per heavy atom. The maximum Gasteiger partial charge on any atom is 0.240 e. The minimum Gasteiger partial charge on any atom is -0.495 e. The van der Waals surface area contributed by atoms with Gasteiger partial charge in [0, 0.05) is 6.54 Å². The average molecular weight is 265 g/mol. The molecule has 1 aromatic carbocycles. The molecule has 0 spiro atoms. The molecular formula is C13H13ClN2O2. The van der Waals surface area contributed by atoms with Gasteiger partial charge in [0.05, 0.1) is 18.2 Å². The van der Waals surface area contributed by atoms with E-state index in [9.17, 15) is 4.79 Å². The number of rotatable bonds is 4. The van der Waals surface area contributed by atoms with E-state index in [0.29, 0.717) is 30.2 Å². The summed E-state index contributed by atoms with van der Waals surface area (Å²) in [7, 11) is 1.55. The lowest BCUT2D eigenvalue weighted by Gasteiger charge is -2.09. The van der Waals surface area contributed by atoms with Crippen LogP contribution >= 0.6 is 11.6 Å². The Hall–Kier alpha value is -1.73. The summed E-state index contributed by atoms with van der Waals surface area (Å²) in [6.07, 6.45) is 1.30. The van der Waals surface area contributed by atoms with E-state index in [-0.39, 0.29) is 5.91 Å². The van der Waals surface area contributed by atoms with Crippen LogP contribution in [-0.4, -0.2) is 13.0 Å². The van der Waals surface area contributed by atoms with Crippen LogP contribution in [0.15, 0.2) is 18.2 Å². The number of ether oxygens (including phenoxy) is 1. The lowest BCUT2D eigenvalue weighted by molar-refractivity contribution is -0.124. The zero-order chi connectivity index (χ0) is 13.2. The molecule has 5 heteroatoms. The first kappa shape index (κ1) is 12.7. The summed E-state index contributed by atoms with van der Waals surface area (Å²) in [5.41, 5.74) is 0.0962. The number of benzene rings is 1. The van der Waals surface area contributed by atoms with Crippen LogP contribution in [0.5, 0.6) is 5.75 Å². The summed E-state index contributed by atoms with van der Waals surface area (Å²) >= 11 is 5.98. The second-order valence-electron chi connectivity index (χ2n) is 4.35. The highest BCUT2D eigenvalue weighted by Gasteiger charge is 2.50. The summed E-state index contributed by atoms with van der Waals surface area (Å²) in [6, 6.07) is 7.38. The lowest BCUT2D eigenvalue weighted by atomic mass is 10.1. The van der Waals surface area contributed by atoms with E-state index in [1.165, 1.54) is 0 Å². The molecule has 0 radical (unpaired) electrons. The number of methoxy groups -OCH3 is 1. The third-order valence-corrected chi connectivity index (χ3v) is 3.36. The van der Waals surface area contributed by atoms with Gasteiger partial charge in [0.2, 0.25) is 5.91 Å². The highest BCUT2D eigenvalue weighted by atomic mass is 35.5. The van der Waals surface area contributed by atoms with Gasteiger partial charge in [0.1, 0.15) is 11.2 Å². The Morgan fingerprint density at radius 1 is 1.61 bits per heavy atom. The molecule has 0 bridgehead atoms. The highest BCUT2D eigenvalue weighted by molar-refractivity contribution is 6.32. The average Bonchev–Trinajstić information content (AvgIpc) is 3.17. The predicted molar refractivity (Wildman–Crippen MR) is 67.1 cm³/mol. The van der Waals surface area contributed by atoms with Gasteiger partial charge in [-0.25, -0.2) is 0 Å². The van der Waals surface area contributed by atoms with Crippen LogP contribution in [0, 0.1) is 16.7 Å². The molecule has 94 valence electrons. The maximum atomic E-state index is 11.7. The number of amides is 1. The second kappa shape index (κ2) is 4.87. The first-order valence-electron chi connectivity index (χ1n) is 5.63. The quantitative estimate of drug-likeness (QED) is 0.907. The number of nitrogens with zero attached hydrogens (tertiary/aromatic N) is 1. The molecule has 0 saturated heterocycles. The highest BCUT2D eigenvalue weighted by Crippen LogP contribution is 2.45. The van der Waals surface area contributed by atoms with Gasteiger partial charge in [-0.2, -0.15) is 5.26 Å². The first-order chi connectivity index (χ1) is 8.61. The molecule has 4 nitrogen and oxygen atoms in total. The molecule has 18 heavy (non-hydrogen) atoms. The van der Waals surface area contributed by atoms with Gasteiger partial charge in [0.25, 0.3) is 0 Å². The van der Waals surface area contributed by atoms with E-state index in [0.717, 1.165) is 5.56 Å². The van der Waals surface area contributed by atoms with E-state index in [2.05, 4.69) is 11.4 Å². The molecular weight excluding hydrogens is 252 g/mol. The van der Waals surface area contributed by atoms with E-state index >= 15 is 0 Å². The van der Waals surface area contributed by atoms with Crippen molar-refractivity contribution in [2.45, 2.75) is 19.4 Å². The van der Waals surface area contributed by atoms with Crippen LogP contribution in [0.3, 0.4) is 0 Å². The number of nitrogens with one attached hydrogen (secondary N) is 1. The number of carbonyl (C=O) groups is 1. The van der Waals surface area contributed by atoms with Crippen molar-refractivity contribution in [2.24, 2.45) is 5.41 Å². The zero-order valence-corrected chi connectivity index (χ0v) is 10.8. The summed E-state index contributed by atoms with van der Waals surface area (Å²) < 4.78 is 5.04. The van der Waals surface area contributed by atoms with E-state index in [1.54, 1.807) is 19.2 Å². The molecule has 1 aromatic rings. The number of carbonyl (C=O) groups excluding carboxylic acids is 1. The van der Waals surface area contributed by atoms with Crippen LogP contribution < -0.4 is 10.1 Å². The standard InChI is InChI=1S/C13H13ClN2O2/c1-18-11-3-2-9(6-10(11)14)7-16-12(17)13(8-15)4-5-13/h2-3,6H,4-5,7H2,1H3,(H,16,17). The van der Waals surface area contributed by atoms with Crippen molar-refractivity contribution in [3.8, 4) is 11.8 Å².